The van der Waals surface area contributed by atoms with Crippen LogP contribution in [0.4, 0.5) is 0 Å². The molecule has 1 fully saturated rings. The highest BCUT2D eigenvalue weighted by atomic mass is 16.3. The minimum Gasteiger partial charge on any atom is -0.396 e. The third-order valence-electron chi connectivity index (χ3n) is 4.21. The number of nitrogens with zero attached hydrogens (tertiary/aromatic N) is 3. The van der Waals surface area contributed by atoms with Crippen LogP contribution in [0.3, 0.4) is 0 Å². The molecule has 3 heterocycles. The van der Waals surface area contributed by atoms with E-state index in [1.54, 1.807) is 10.5 Å². The molecule has 21 heavy (non-hydrogen) atoms. The molecule has 2 aromatic rings. The van der Waals surface area contributed by atoms with Gasteiger partial charge >= 0.3 is 0 Å². The van der Waals surface area contributed by atoms with E-state index in [-0.39, 0.29) is 12.2 Å². The van der Waals surface area contributed by atoms with E-state index in [0.29, 0.717) is 18.1 Å². The first-order chi connectivity index (χ1) is 10.2. The van der Waals surface area contributed by atoms with Gasteiger partial charge in [0.25, 0.3) is 5.56 Å². The highest BCUT2D eigenvalue weighted by Gasteiger charge is 2.19. The number of hydrogen-bond acceptors (Lipinski definition) is 4. The van der Waals surface area contributed by atoms with Crippen LogP contribution < -0.4 is 5.56 Å². The van der Waals surface area contributed by atoms with E-state index < -0.39 is 0 Å². The minimum absolute atomic E-state index is 0.0241. The summed E-state index contributed by atoms with van der Waals surface area (Å²) in [6.45, 7) is 4.87. The third kappa shape index (κ3) is 3.14. The van der Waals surface area contributed by atoms with Gasteiger partial charge in [-0.25, -0.2) is 4.98 Å². The first kappa shape index (κ1) is 14.2. The van der Waals surface area contributed by atoms with Crippen LogP contribution in [0.2, 0.25) is 0 Å². The van der Waals surface area contributed by atoms with E-state index in [1.165, 1.54) is 0 Å². The molecule has 0 saturated carbocycles. The smallest absolute Gasteiger partial charge is 0.258 e. The van der Waals surface area contributed by atoms with Gasteiger partial charge in [-0.3, -0.25) is 14.1 Å². The maximum atomic E-state index is 12.2. The Kier molecular flexibility index (Phi) is 4.03. The lowest BCUT2D eigenvalue weighted by Gasteiger charge is -2.30. The Morgan fingerprint density at radius 3 is 2.81 bits per heavy atom. The Bertz CT molecular complexity index is 687. The number of aliphatic hydroxyl groups excluding tert-OH is 1. The van der Waals surface area contributed by atoms with Crippen molar-refractivity contribution in [3.05, 3.63) is 46.0 Å². The predicted molar refractivity (Wildman–Crippen MR) is 81.3 cm³/mol. The topological polar surface area (TPSA) is 57.8 Å². The molecule has 3 rings (SSSR count). The van der Waals surface area contributed by atoms with Crippen molar-refractivity contribution in [2.75, 3.05) is 19.7 Å². The van der Waals surface area contributed by atoms with Gasteiger partial charge in [-0.2, -0.15) is 0 Å². The third-order valence-corrected chi connectivity index (χ3v) is 4.21. The number of hydrogen-bond donors (Lipinski definition) is 1. The van der Waals surface area contributed by atoms with Crippen LogP contribution in [0, 0.1) is 12.8 Å². The molecule has 0 amide bonds. The molecule has 0 radical (unpaired) electrons. The normalized spacial score (nSPS) is 17.4. The zero-order valence-corrected chi connectivity index (χ0v) is 12.3. The van der Waals surface area contributed by atoms with E-state index in [0.717, 1.165) is 37.2 Å². The van der Waals surface area contributed by atoms with Crippen LogP contribution >= 0.6 is 0 Å². The van der Waals surface area contributed by atoms with E-state index in [9.17, 15) is 4.79 Å². The van der Waals surface area contributed by atoms with E-state index in [4.69, 9.17) is 5.11 Å². The molecule has 0 aromatic carbocycles. The first-order valence-electron chi connectivity index (χ1n) is 7.48. The molecule has 0 aliphatic carbocycles. The second-order valence-corrected chi connectivity index (χ2v) is 5.92. The van der Waals surface area contributed by atoms with Gasteiger partial charge in [-0.1, -0.05) is 6.07 Å². The summed E-state index contributed by atoms with van der Waals surface area (Å²) in [4.78, 5) is 19.0. The van der Waals surface area contributed by atoms with Crippen LogP contribution in [-0.4, -0.2) is 39.1 Å². The predicted octanol–water partition coefficient (Wildman–Crippen LogP) is 1.21. The van der Waals surface area contributed by atoms with Crippen molar-refractivity contribution < 1.29 is 5.11 Å². The minimum atomic E-state index is -0.0241. The molecule has 112 valence electrons. The Morgan fingerprint density at radius 1 is 1.33 bits per heavy atom. The Morgan fingerprint density at radius 2 is 2.10 bits per heavy atom. The van der Waals surface area contributed by atoms with Gasteiger partial charge in [0.15, 0.2) is 0 Å². The van der Waals surface area contributed by atoms with Crippen molar-refractivity contribution in [1.82, 2.24) is 14.3 Å². The fourth-order valence-corrected chi connectivity index (χ4v) is 2.90. The van der Waals surface area contributed by atoms with E-state index in [2.05, 4.69) is 9.88 Å². The second-order valence-electron chi connectivity index (χ2n) is 5.92. The number of aryl methyl sites for hydroxylation is 1. The average Bonchev–Trinajstić information content (AvgIpc) is 2.49. The number of aliphatic hydroxyl groups is 1. The SMILES string of the molecule is Cc1ccc2nc(CN3CCC(CO)CC3)cc(=O)n2c1. The summed E-state index contributed by atoms with van der Waals surface area (Å²) in [5, 5.41) is 9.17. The van der Waals surface area contributed by atoms with Crippen molar-refractivity contribution in [3.8, 4) is 0 Å². The van der Waals surface area contributed by atoms with Crippen LogP contribution in [0.5, 0.6) is 0 Å². The Labute approximate surface area is 123 Å². The summed E-state index contributed by atoms with van der Waals surface area (Å²) >= 11 is 0. The second kappa shape index (κ2) is 5.95. The van der Waals surface area contributed by atoms with Gasteiger partial charge in [0.1, 0.15) is 5.65 Å². The molecule has 0 spiro atoms. The van der Waals surface area contributed by atoms with Crippen molar-refractivity contribution in [3.63, 3.8) is 0 Å². The van der Waals surface area contributed by atoms with Gasteiger partial charge in [-0.15, -0.1) is 0 Å². The summed E-state index contributed by atoms with van der Waals surface area (Å²) in [7, 11) is 0. The lowest BCUT2D eigenvalue weighted by Crippen LogP contribution is -2.35. The fraction of sp³-hybridized carbons (Fsp3) is 0.500. The van der Waals surface area contributed by atoms with Crippen molar-refractivity contribution in [2.24, 2.45) is 5.92 Å². The lowest BCUT2D eigenvalue weighted by atomic mass is 9.98. The van der Waals surface area contributed by atoms with Crippen LogP contribution in [0.25, 0.3) is 5.65 Å². The summed E-state index contributed by atoms with van der Waals surface area (Å²) in [6, 6.07) is 5.49. The Hall–Kier alpha value is -1.72. The van der Waals surface area contributed by atoms with Gasteiger partial charge in [0, 0.05) is 25.4 Å². The van der Waals surface area contributed by atoms with Gasteiger partial charge in [0.2, 0.25) is 0 Å². The molecule has 1 aliphatic heterocycles. The lowest BCUT2D eigenvalue weighted by molar-refractivity contribution is 0.126. The zero-order chi connectivity index (χ0) is 14.8. The maximum absolute atomic E-state index is 12.2. The molecule has 1 N–H and O–H groups in total. The quantitative estimate of drug-likeness (QED) is 0.922. The fourth-order valence-electron chi connectivity index (χ4n) is 2.90. The molecule has 5 nitrogen and oxygen atoms in total. The first-order valence-corrected chi connectivity index (χ1v) is 7.48. The Balaban J connectivity index is 1.79. The molecule has 5 heteroatoms. The van der Waals surface area contributed by atoms with Crippen molar-refractivity contribution >= 4 is 5.65 Å². The van der Waals surface area contributed by atoms with Crippen LogP contribution in [-0.2, 0) is 6.54 Å². The summed E-state index contributed by atoms with van der Waals surface area (Å²) in [6.07, 6.45) is 3.85. The summed E-state index contributed by atoms with van der Waals surface area (Å²) in [5.41, 5.74) is 2.55. The van der Waals surface area contributed by atoms with Crippen LogP contribution in [0.15, 0.2) is 29.2 Å². The molecule has 1 aliphatic rings. The van der Waals surface area contributed by atoms with Crippen molar-refractivity contribution in [1.29, 1.82) is 0 Å². The number of fused-ring (bicyclic) bond motifs is 1. The standard InChI is InChI=1S/C16H21N3O2/c1-12-2-3-15-17-14(8-16(21)19(15)9-12)10-18-6-4-13(11-20)5-7-18/h2-3,8-9,13,20H,4-7,10-11H2,1H3. The van der Waals surface area contributed by atoms with E-state index in [1.807, 2.05) is 25.3 Å². The molecular formula is C16H21N3O2. The molecular weight excluding hydrogens is 266 g/mol. The molecule has 0 atom stereocenters. The number of pyridine rings is 1. The average molecular weight is 287 g/mol. The molecule has 0 bridgehead atoms. The highest BCUT2D eigenvalue weighted by molar-refractivity contribution is 5.39. The maximum Gasteiger partial charge on any atom is 0.258 e. The van der Waals surface area contributed by atoms with Crippen molar-refractivity contribution in [2.45, 2.75) is 26.3 Å². The molecule has 0 unspecified atom stereocenters. The molecule has 2 aromatic heterocycles. The monoisotopic (exact) mass is 287 g/mol. The number of rotatable bonds is 3. The highest BCUT2D eigenvalue weighted by Crippen LogP contribution is 2.17. The largest absolute Gasteiger partial charge is 0.396 e. The summed E-state index contributed by atoms with van der Waals surface area (Å²) in [5.74, 6) is 0.430. The van der Waals surface area contributed by atoms with Gasteiger partial charge in [-0.05, 0) is 50.4 Å². The zero-order valence-electron chi connectivity index (χ0n) is 12.3. The number of piperidine rings is 1. The summed E-state index contributed by atoms with van der Waals surface area (Å²) < 4.78 is 1.59. The number of aromatic nitrogens is 2. The van der Waals surface area contributed by atoms with Gasteiger partial charge in [0.05, 0.1) is 5.69 Å². The van der Waals surface area contributed by atoms with E-state index >= 15 is 0 Å². The van der Waals surface area contributed by atoms with Crippen LogP contribution in [0.1, 0.15) is 24.1 Å². The molecule has 1 saturated heterocycles. The number of likely N-dealkylation sites (tertiary alicyclic amines) is 1. The van der Waals surface area contributed by atoms with Gasteiger partial charge < -0.3 is 5.11 Å².